The maximum absolute atomic E-state index is 13.0. The van der Waals surface area contributed by atoms with Crippen molar-refractivity contribution in [2.75, 3.05) is 5.75 Å². The van der Waals surface area contributed by atoms with Gasteiger partial charge in [-0.2, -0.15) is 0 Å². The molecule has 5 heteroatoms. The molecule has 0 amide bonds. The number of carbonyl (C=O) groups excluding carboxylic acids is 2. The van der Waals surface area contributed by atoms with Crippen molar-refractivity contribution in [2.45, 2.75) is 111 Å². The first kappa shape index (κ1) is 31.7. The van der Waals surface area contributed by atoms with Crippen molar-refractivity contribution in [1.82, 2.24) is 0 Å². The summed E-state index contributed by atoms with van der Waals surface area (Å²) in [5.41, 5.74) is 3.98. The number of benzene rings is 2. The van der Waals surface area contributed by atoms with Crippen LogP contribution in [-0.2, 0) is 9.53 Å². The van der Waals surface area contributed by atoms with Crippen molar-refractivity contribution in [3.05, 3.63) is 63.7 Å². The molecule has 38 heavy (non-hydrogen) atoms. The number of ether oxygens (including phenoxy) is 2. The number of esters is 1. The van der Waals surface area contributed by atoms with Gasteiger partial charge in [-0.1, -0.05) is 32.3 Å². The Morgan fingerprint density at radius 1 is 0.842 bits per heavy atom. The maximum Gasteiger partial charge on any atom is 0.350 e. The number of hydrogen-bond donors (Lipinski definition) is 0. The molecule has 0 saturated carbocycles. The predicted molar refractivity (Wildman–Crippen MR) is 161 cm³/mol. The van der Waals surface area contributed by atoms with E-state index in [1.165, 1.54) is 30.6 Å². The second-order valence-corrected chi connectivity index (χ2v) is 12.7. The van der Waals surface area contributed by atoms with Crippen LogP contribution in [0.1, 0.15) is 105 Å². The fourth-order valence-corrected chi connectivity index (χ4v) is 5.36. The normalized spacial score (nSPS) is 12.2. The number of thioether (sulfide) groups is 1. The van der Waals surface area contributed by atoms with Gasteiger partial charge in [-0.25, -0.2) is 4.79 Å². The molecule has 208 valence electrons. The van der Waals surface area contributed by atoms with Crippen LogP contribution in [0.2, 0.25) is 0 Å². The minimum absolute atomic E-state index is 0.0163. The van der Waals surface area contributed by atoms with Crippen molar-refractivity contribution in [3.63, 3.8) is 0 Å². The van der Waals surface area contributed by atoms with Crippen LogP contribution in [-0.4, -0.2) is 28.7 Å². The molecule has 0 aromatic heterocycles. The SMILES string of the molecule is CCCCCCSc1c(C)cc(C(=O)C=Cc2cc(C)c(OC(C)(C)C(=O)OC(C)(C)C)c(C)c2)cc1C. The van der Waals surface area contributed by atoms with Crippen LogP contribution >= 0.6 is 11.8 Å². The van der Waals surface area contributed by atoms with Gasteiger partial charge in [0.25, 0.3) is 0 Å². The first-order chi connectivity index (χ1) is 17.6. The number of rotatable bonds is 12. The second kappa shape index (κ2) is 13.5. The fraction of sp³-hybridized carbons (Fsp3) is 0.515. The van der Waals surface area contributed by atoms with E-state index in [2.05, 4.69) is 20.8 Å². The van der Waals surface area contributed by atoms with Crippen molar-refractivity contribution < 1.29 is 19.1 Å². The zero-order valence-corrected chi connectivity index (χ0v) is 25.9. The molecule has 0 atom stereocenters. The van der Waals surface area contributed by atoms with Crippen molar-refractivity contribution in [1.29, 1.82) is 0 Å². The van der Waals surface area contributed by atoms with E-state index >= 15 is 0 Å². The number of hydrogen-bond acceptors (Lipinski definition) is 5. The van der Waals surface area contributed by atoms with E-state index in [-0.39, 0.29) is 5.78 Å². The Labute approximate surface area is 234 Å². The van der Waals surface area contributed by atoms with E-state index in [0.29, 0.717) is 11.3 Å². The molecule has 0 bridgehead atoms. The topological polar surface area (TPSA) is 52.6 Å². The van der Waals surface area contributed by atoms with Crippen LogP contribution in [0.4, 0.5) is 0 Å². The highest BCUT2D eigenvalue weighted by Gasteiger charge is 2.35. The third-order valence-corrected chi connectivity index (χ3v) is 7.57. The second-order valence-electron chi connectivity index (χ2n) is 11.6. The molecule has 0 radical (unpaired) electrons. The van der Waals surface area contributed by atoms with Gasteiger partial charge < -0.3 is 9.47 Å². The van der Waals surface area contributed by atoms with Gasteiger partial charge in [0.2, 0.25) is 0 Å². The summed E-state index contributed by atoms with van der Waals surface area (Å²) in [6.45, 7) is 19.2. The molecule has 4 nitrogen and oxygen atoms in total. The molecule has 2 rings (SSSR count). The highest BCUT2D eigenvalue weighted by atomic mass is 32.2. The van der Waals surface area contributed by atoms with E-state index in [9.17, 15) is 9.59 Å². The van der Waals surface area contributed by atoms with Crippen LogP contribution in [0.5, 0.6) is 5.75 Å². The number of aryl methyl sites for hydroxylation is 4. The first-order valence-electron chi connectivity index (χ1n) is 13.6. The van der Waals surface area contributed by atoms with Gasteiger partial charge in [0.05, 0.1) is 0 Å². The van der Waals surface area contributed by atoms with Crippen molar-refractivity contribution in [3.8, 4) is 5.75 Å². The molecule has 0 saturated heterocycles. The molecule has 0 aliphatic rings. The quantitative estimate of drug-likeness (QED) is 0.0887. The summed E-state index contributed by atoms with van der Waals surface area (Å²) in [5.74, 6) is 1.34. The minimum Gasteiger partial charge on any atom is -0.476 e. The highest BCUT2D eigenvalue weighted by Crippen LogP contribution is 2.31. The van der Waals surface area contributed by atoms with Gasteiger partial charge in [-0.3, -0.25) is 4.79 Å². The lowest BCUT2D eigenvalue weighted by Gasteiger charge is -2.30. The lowest BCUT2D eigenvalue weighted by molar-refractivity contribution is -0.171. The molecule has 0 N–H and O–H groups in total. The fourth-order valence-electron chi connectivity index (χ4n) is 4.23. The van der Waals surface area contributed by atoms with Gasteiger partial charge >= 0.3 is 5.97 Å². The molecule has 2 aromatic rings. The average Bonchev–Trinajstić information content (AvgIpc) is 2.80. The monoisotopic (exact) mass is 538 g/mol. The molecule has 0 aliphatic heterocycles. The predicted octanol–water partition coefficient (Wildman–Crippen LogP) is 8.99. The number of allylic oxidation sites excluding steroid dienone is 1. The van der Waals surface area contributed by atoms with E-state index in [1.54, 1.807) is 19.9 Å². The average molecular weight is 539 g/mol. The van der Waals surface area contributed by atoms with Gasteiger partial charge in [0, 0.05) is 10.5 Å². The van der Waals surface area contributed by atoms with E-state index in [0.717, 1.165) is 33.6 Å². The Morgan fingerprint density at radius 2 is 1.42 bits per heavy atom. The Morgan fingerprint density at radius 3 is 1.95 bits per heavy atom. The number of unbranched alkanes of at least 4 members (excludes halogenated alkanes) is 3. The van der Waals surface area contributed by atoms with Crippen LogP contribution in [0.3, 0.4) is 0 Å². The molecule has 2 aromatic carbocycles. The summed E-state index contributed by atoms with van der Waals surface area (Å²) in [7, 11) is 0. The summed E-state index contributed by atoms with van der Waals surface area (Å²) >= 11 is 1.90. The third-order valence-electron chi connectivity index (χ3n) is 6.15. The Bertz CT molecular complexity index is 1120. The smallest absolute Gasteiger partial charge is 0.350 e. The first-order valence-corrected chi connectivity index (χ1v) is 14.6. The molecular weight excluding hydrogens is 492 g/mol. The number of ketones is 1. The van der Waals surface area contributed by atoms with Crippen LogP contribution < -0.4 is 4.74 Å². The maximum atomic E-state index is 13.0. The summed E-state index contributed by atoms with van der Waals surface area (Å²) in [6, 6.07) is 7.93. The molecule has 0 fully saturated rings. The van der Waals surface area contributed by atoms with E-state index < -0.39 is 17.2 Å². The van der Waals surface area contributed by atoms with Gasteiger partial charge in [-0.05, 0) is 133 Å². The lowest BCUT2D eigenvalue weighted by atomic mass is 10.0. The van der Waals surface area contributed by atoms with Gasteiger partial charge in [0.15, 0.2) is 11.4 Å². The van der Waals surface area contributed by atoms with E-state index in [4.69, 9.17) is 9.47 Å². The van der Waals surface area contributed by atoms with Crippen LogP contribution in [0.25, 0.3) is 6.08 Å². The highest BCUT2D eigenvalue weighted by molar-refractivity contribution is 7.99. The molecule has 0 spiro atoms. The molecule has 0 aliphatic carbocycles. The van der Waals surface area contributed by atoms with Crippen molar-refractivity contribution >= 4 is 29.6 Å². The Hall–Kier alpha value is -2.53. The molecule has 0 heterocycles. The third kappa shape index (κ3) is 9.34. The zero-order valence-electron chi connectivity index (χ0n) is 25.0. The molecule has 0 unspecified atom stereocenters. The van der Waals surface area contributed by atoms with Gasteiger partial charge in [0.1, 0.15) is 11.4 Å². The van der Waals surface area contributed by atoms with E-state index in [1.807, 2.05) is 76.7 Å². The van der Waals surface area contributed by atoms with Gasteiger partial charge in [-0.15, -0.1) is 11.8 Å². The Kier molecular flexibility index (Phi) is 11.3. The number of carbonyl (C=O) groups is 2. The van der Waals surface area contributed by atoms with Crippen LogP contribution in [0, 0.1) is 27.7 Å². The summed E-state index contributed by atoms with van der Waals surface area (Å²) < 4.78 is 11.7. The lowest BCUT2D eigenvalue weighted by Crippen LogP contribution is -2.43. The largest absolute Gasteiger partial charge is 0.476 e. The van der Waals surface area contributed by atoms with Crippen molar-refractivity contribution in [2.24, 2.45) is 0 Å². The minimum atomic E-state index is -1.13. The zero-order chi connectivity index (χ0) is 28.7. The Balaban J connectivity index is 2.14. The summed E-state index contributed by atoms with van der Waals surface area (Å²) in [4.78, 5) is 26.9. The van der Waals surface area contributed by atoms with Crippen LogP contribution in [0.15, 0.2) is 35.2 Å². The summed E-state index contributed by atoms with van der Waals surface area (Å²) in [5, 5.41) is 0. The summed E-state index contributed by atoms with van der Waals surface area (Å²) in [6.07, 6.45) is 8.50. The molecular formula is C33H46O4S. The standard InChI is InChI=1S/C33H46O4S/c1-11-12-13-14-17-38-30-24(4)20-27(21-25(30)5)28(34)16-15-26-18-22(2)29(23(3)19-26)36-33(9,10)31(35)37-32(6,7)8/h15-16,18-21H,11-14,17H2,1-10H3.